The molecule has 0 bridgehead atoms. The second-order valence-electron chi connectivity index (χ2n) is 15.6. The fourth-order valence-electron chi connectivity index (χ4n) is 8.79. The van der Waals surface area contributed by atoms with E-state index in [1.807, 2.05) is 48.5 Å². The zero-order valence-electron chi connectivity index (χ0n) is 33.5. The largest absolute Gasteiger partial charge is 0.456 e. The van der Waals surface area contributed by atoms with E-state index in [1.54, 1.807) is 0 Å². The van der Waals surface area contributed by atoms with E-state index in [1.165, 1.54) is 27.6 Å². The van der Waals surface area contributed by atoms with E-state index in [2.05, 4.69) is 174 Å². The summed E-state index contributed by atoms with van der Waals surface area (Å²) in [6.07, 6.45) is 0. The topological polar surface area (TPSA) is 56.7 Å². The lowest BCUT2D eigenvalue weighted by molar-refractivity contribution is 0.669. The van der Waals surface area contributed by atoms with Crippen LogP contribution in [-0.2, 0) is 0 Å². The number of benzene rings is 9. The lowest BCUT2D eigenvalue weighted by Gasteiger charge is -2.10. The van der Waals surface area contributed by atoms with E-state index in [9.17, 15) is 0 Å². The second-order valence-corrected chi connectivity index (χ2v) is 15.6. The van der Waals surface area contributed by atoms with Crippen LogP contribution in [0.1, 0.15) is 0 Å². The van der Waals surface area contributed by atoms with Crippen molar-refractivity contribution in [2.75, 3.05) is 0 Å². The van der Waals surface area contributed by atoms with E-state index < -0.39 is 0 Å². The van der Waals surface area contributed by atoms with Gasteiger partial charge in [0.1, 0.15) is 11.2 Å². The Bertz CT molecular complexity index is 3610. The van der Waals surface area contributed by atoms with Crippen molar-refractivity contribution in [2.45, 2.75) is 0 Å². The second kappa shape index (κ2) is 14.7. The molecule has 9 aromatic carbocycles. The lowest BCUT2D eigenvalue weighted by atomic mass is 9.99. The molecule has 0 radical (unpaired) electrons. The first-order valence-corrected chi connectivity index (χ1v) is 20.8. The molecule has 5 heteroatoms. The van der Waals surface area contributed by atoms with Crippen molar-refractivity contribution >= 4 is 43.7 Å². The molecule has 12 rings (SSSR count). The summed E-state index contributed by atoms with van der Waals surface area (Å²) in [5.74, 6) is 1.83. The highest BCUT2D eigenvalue weighted by Gasteiger charge is 2.19. The van der Waals surface area contributed by atoms with Crippen LogP contribution < -0.4 is 0 Å². The summed E-state index contributed by atoms with van der Waals surface area (Å²) in [5.41, 5.74) is 14.7. The Morgan fingerprint density at radius 2 is 0.742 bits per heavy atom. The number of furan rings is 1. The van der Waals surface area contributed by atoms with Crippen LogP contribution in [0.4, 0.5) is 0 Å². The molecule has 3 aromatic heterocycles. The molecule has 0 aliphatic carbocycles. The van der Waals surface area contributed by atoms with Crippen LogP contribution in [-0.4, -0.2) is 19.5 Å². The van der Waals surface area contributed by atoms with E-state index in [-0.39, 0.29) is 0 Å². The molecule has 0 aliphatic heterocycles. The third-order valence-electron chi connectivity index (χ3n) is 11.8. The van der Waals surface area contributed by atoms with Gasteiger partial charge in [-0.25, -0.2) is 15.0 Å². The SMILES string of the molecule is c1ccc(-c2cccc(-c3ccc(-n4c5ccccc5c5cc6oc7ccc(-c8nc(-c9ccccc9)nc(-c9cccc(-c%10ccccc%10)c9)n8)cc7c6cc54)cc3)c2)cc1. The Morgan fingerprint density at radius 3 is 1.39 bits per heavy atom. The molecule has 0 amide bonds. The van der Waals surface area contributed by atoms with Gasteiger partial charge in [-0.15, -0.1) is 0 Å². The van der Waals surface area contributed by atoms with E-state index in [0.717, 1.165) is 71.9 Å². The van der Waals surface area contributed by atoms with Gasteiger partial charge in [-0.1, -0.05) is 158 Å². The highest BCUT2D eigenvalue weighted by Crippen LogP contribution is 2.40. The maximum atomic E-state index is 6.60. The summed E-state index contributed by atoms with van der Waals surface area (Å²) in [6.45, 7) is 0. The Morgan fingerprint density at radius 1 is 0.274 bits per heavy atom. The molecule has 290 valence electrons. The molecule has 0 N–H and O–H groups in total. The Balaban J connectivity index is 0.982. The van der Waals surface area contributed by atoms with Crippen LogP contribution >= 0.6 is 0 Å². The average Bonchev–Trinajstić information content (AvgIpc) is 3.88. The standard InChI is InChI=1S/C57H36N4O/c1-4-14-37(15-5-1)41-20-12-21-42(32-41)39-26-29-46(30-27-39)61-51-25-11-10-24-47(51)48-36-54-50(35-52(48)61)49-34-45(28-31-53(49)62-54)57-59-55(40-18-8-3-9-19-40)58-56(60-57)44-23-13-22-43(33-44)38-16-6-2-7-17-38/h1-36H. The van der Waals surface area contributed by atoms with Crippen molar-refractivity contribution in [2.24, 2.45) is 0 Å². The normalized spacial score (nSPS) is 11.5. The van der Waals surface area contributed by atoms with Crippen molar-refractivity contribution in [3.8, 4) is 73.2 Å². The minimum atomic E-state index is 0.597. The fourth-order valence-corrected chi connectivity index (χ4v) is 8.79. The Kier molecular flexibility index (Phi) is 8.42. The maximum Gasteiger partial charge on any atom is 0.164 e. The van der Waals surface area contributed by atoms with Crippen LogP contribution in [0.2, 0.25) is 0 Å². The molecule has 3 heterocycles. The molecule has 0 fully saturated rings. The highest BCUT2D eigenvalue weighted by molar-refractivity contribution is 6.17. The first-order valence-electron chi connectivity index (χ1n) is 20.8. The third kappa shape index (κ3) is 6.23. The summed E-state index contributed by atoms with van der Waals surface area (Å²) in [5, 5.41) is 4.34. The van der Waals surface area contributed by atoms with E-state index in [0.29, 0.717) is 17.5 Å². The first-order chi connectivity index (χ1) is 30.7. The van der Waals surface area contributed by atoms with Crippen molar-refractivity contribution in [1.82, 2.24) is 19.5 Å². The predicted octanol–water partition coefficient (Wildman–Crippen LogP) is 14.9. The number of hydrogen-bond acceptors (Lipinski definition) is 4. The highest BCUT2D eigenvalue weighted by atomic mass is 16.3. The molecule has 12 aromatic rings. The monoisotopic (exact) mass is 792 g/mol. The average molecular weight is 793 g/mol. The maximum absolute atomic E-state index is 6.60. The third-order valence-corrected chi connectivity index (χ3v) is 11.8. The van der Waals surface area contributed by atoms with Gasteiger partial charge in [-0.2, -0.15) is 0 Å². The van der Waals surface area contributed by atoms with Gasteiger partial charge in [0.2, 0.25) is 0 Å². The van der Waals surface area contributed by atoms with Crippen LogP contribution in [0.15, 0.2) is 223 Å². The minimum Gasteiger partial charge on any atom is -0.456 e. The number of aromatic nitrogens is 4. The molecule has 62 heavy (non-hydrogen) atoms. The molecule has 0 spiro atoms. The number of nitrogens with zero attached hydrogens (tertiary/aromatic N) is 4. The molecular weight excluding hydrogens is 757 g/mol. The van der Waals surface area contributed by atoms with Crippen molar-refractivity contribution in [1.29, 1.82) is 0 Å². The number of rotatable bonds is 7. The zero-order chi connectivity index (χ0) is 41.0. The van der Waals surface area contributed by atoms with Gasteiger partial charge in [-0.05, 0) is 94.0 Å². The van der Waals surface area contributed by atoms with Gasteiger partial charge in [0.05, 0.1) is 11.0 Å². The quantitative estimate of drug-likeness (QED) is 0.161. The number of para-hydroxylation sites is 1. The van der Waals surface area contributed by atoms with Crippen LogP contribution in [0.3, 0.4) is 0 Å². The van der Waals surface area contributed by atoms with Crippen molar-refractivity contribution in [3.05, 3.63) is 218 Å². The minimum absolute atomic E-state index is 0.597. The van der Waals surface area contributed by atoms with Gasteiger partial charge in [0.15, 0.2) is 17.5 Å². The summed E-state index contributed by atoms with van der Waals surface area (Å²) < 4.78 is 8.97. The summed E-state index contributed by atoms with van der Waals surface area (Å²) in [7, 11) is 0. The first kappa shape index (κ1) is 35.5. The molecule has 5 nitrogen and oxygen atoms in total. The molecular formula is C57H36N4O. The van der Waals surface area contributed by atoms with Gasteiger partial charge >= 0.3 is 0 Å². The number of fused-ring (bicyclic) bond motifs is 6. The molecule has 0 aliphatic rings. The Labute approximate surface area is 357 Å². The van der Waals surface area contributed by atoms with Gasteiger partial charge in [0.25, 0.3) is 0 Å². The van der Waals surface area contributed by atoms with Gasteiger partial charge in [-0.3, -0.25) is 0 Å². The Hall–Kier alpha value is -8.41. The molecule has 0 saturated heterocycles. The number of hydrogen-bond donors (Lipinski definition) is 0. The summed E-state index contributed by atoms with van der Waals surface area (Å²) in [4.78, 5) is 15.2. The van der Waals surface area contributed by atoms with Crippen LogP contribution in [0, 0.1) is 0 Å². The van der Waals surface area contributed by atoms with Gasteiger partial charge in [0, 0.05) is 43.9 Å². The zero-order valence-corrected chi connectivity index (χ0v) is 33.5. The van der Waals surface area contributed by atoms with Gasteiger partial charge < -0.3 is 8.98 Å². The van der Waals surface area contributed by atoms with E-state index >= 15 is 0 Å². The molecule has 0 saturated carbocycles. The van der Waals surface area contributed by atoms with E-state index in [4.69, 9.17) is 19.4 Å². The predicted molar refractivity (Wildman–Crippen MR) is 254 cm³/mol. The van der Waals surface area contributed by atoms with Crippen LogP contribution in [0.5, 0.6) is 0 Å². The van der Waals surface area contributed by atoms with Crippen molar-refractivity contribution in [3.63, 3.8) is 0 Å². The smallest absolute Gasteiger partial charge is 0.164 e. The summed E-state index contributed by atoms with van der Waals surface area (Å²) in [6, 6.07) is 76.4. The lowest BCUT2D eigenvalue weighted by Crippen LogP contribution is -2.00. The molecule has 0 atom stereocenters. The summed E-state index contributed by atoms with van der Waals surface area (Å²) >= 11 is 0. The fraction of sp³-hybridized carbons (Fsp3) is 0. The van der Waals surface area contributed by atoms with Crippen molar-refractivity contribution < 1.29 is 4.42 Å². The molecule has 0 unspecified atom stereocenters. The van der Waals surface area contributed by atoms with Crippen LogP contribution in [0.25, 0.3) is 117 Å².